The highest BCUT2D eigenvalue weighted by Crippen LogP contribution is 2.28. The van der Waals surface area contributed by atoms with Gasteiger partial charge in [0.1, 0.15) is 17.6 Å². The molecule has 0 aliphatic carbocycles. The molecule has 6 nitrogen and oxygen atoms in total. The van der Waals surface area contributed by atoms with E-state index in [1.807, 2.05) is 18.2 Å². The topological polar surface area (TPSA) is 60.0 Å². The quantitative estimate of drug-likeness (QED) is 0.611. The SMILES string of the molecule is COCCNC(=O)c1ccc(OC)cc1OC1CCN(Cc2ccccc2Cl)CC1. The molecule has 0 unspecified atom stereocenters. The maximum Gasteiger partial charge on any atom is 0.255 e. The number of halogens is 1. The maximum absolute atomic E-state index is 12.6. The normalized spacial score (nSPS) is 15.0. The third-order valence-electron chi connectivity index (χ3n) is 5.21. The molecule has 1 fully saturated rings. The zero-order valence-corrected chi connectivity index (χ0v) is 18.3. The number of hydrogen-bond donors (Lipinski definition) is 1. The summed E-state index contributed by atoms with van der Waals surface area (Å²) >= 11 is 6.29. The highest BCUT2D eigenvalue weighted by atomic mass is 35.5. The Kier molecular flexibility index (Phi) is 8.37. The molecule has 3 rings (SSSR count). The second kappa shape index (κ2) is 11.2. The molecule has 0 radical (unpaired) electrons. The molecule has 1 amide bonds. The Morgan fingerprint density at radius 2 is 1.93 bits per heavy atom. The lowest BCUT2D eigenvalue weighted by molar-refractivity contribution is 0.0881. The number of amides is 1. The Balaban J connectivity index is 1.60. The van der Waals surface area contributed by atoms with Crippen molar-refractivity contribution in [3.8, 4) is 11.5 Å². The van der Waals surface area contributed by atoms with Crippen LogP contribution in [-0.4, -0.2) is 57.4 Å². The maximum atomic E-state index is 12.6. The van der Waals surface area contributed by atoms with Crippen molar-refractivity contribution in [1.29, 1.82) is 0 Å². The molecule has 1 aliphatic heterocycles. The van der Waals surface area contributed by atoms with E-state index in [1.54, 1.807) is 32.4 Å². The third kappa shape index (κ3) is 6.11. The van der Waals surface area contributed by atoms with Crippen molar-refractivity contribution in [3.63, 3.8) is 0 Å². The predicted octanol–water partition coefficient (Wildman–Crippen LogP) is 3.77. The van der Waals surface area contributed by atoms with E-state index in [9.17, 15) is 4.79 Å². The van der Waals surface area contributed by atoms with Gasteiger partial charge in [0.15, 0.2) is 0 Å². The molecular weight excluding hydrogens is 404 g/mol. The van der Waals surface area contributed by atoms with E-state index in [4.69, 9.17) is 25.8 Å². The number of rotatable bonds is 9. The molecule has 7 heteroatoms. The van der Waals surface area contributed by atoms with E-state index in [0.717, 1.165) is 43.1 Å². The van der Waals surface area contributed by atoms with Crippen LogP contribution in [0, 0.1) is 0 Å². The largest absolute Gasteiger partial charge is 0.497 e. The van der Waals surface area contributed by atoms with E-state index in [0.29, 0.717) is 30.2 Å². The lowest BCUT2D eigenvalue weighted by Gasteiger charge is -2.32. The fourth-order valence-corrected chi connectivity index (χ4v) is 3.70. The minimum Gasteiger partial charge on any atom is -0.497 e. The van der Waals surface area contributed by atoms with E-state index < -0.39 is 0 Å². The molecule has 2 aromatic carbocycles. The molecule has 162 valence electrons. The standard InChI is InChI=1S/C23H29ClN2O4/c1-28-14-11-25-23(27)20-8-7-19(29-2)15-22(20)30-18-9-12-26(13-10-18)16-17-5-3-4-6-21(17)24/h3-8,15,18H,9-14,16H2,1-2H3,(H,25,27). The molecule has 2 aromatic rings. The summed E-state index contributed by atoms with van der Waals surface area (Å²) in [6.45, 7) is 3.56. The van der Waals surface area contributed by atoms with Gasteiger partial charge in [0, 0.05) is 44.4 Å². The van der Waals surface area contributed by atoms with E-state index in [2.05, 4.69) is 16.3 Å². The van der Waals surface area contributed by atoms with Gasteiger partial charge in [0.2, 0.25) is 0 Å². The molecule has 0 saturated carbocycles. The van der Waals surface area contributed by atoms with Gasteiger partial charge in [-0.05, 0) is 36.6 Å². The van der Waals surface area contributed by atoms with Crippen LogP contribution >= 0.6 is 11.6 Å². The van der Waals surface area contributed by atoms with Gasteiger partial charge in [-0.3, -0.25) is 9.69 Å². The minimum atomic E-state index is -0.180. The summed E-state index contributed by atoms with van der Waals surface area (Å²) in [5.74, 6) is 1.03. The van der Waals surface area contributed by atoms with E-state index in [1.165, 1.54) is 0 Å². The number of carbonyl (C=O) groups is 1. The van der Waals surface area contributed by atoms with Crippen LogP contribution in [-0.2, 0) is 11.3 Å². The Morgan fingerprint density at radius 1 is 1.17 bits per heavy atom. The number of hydrogen-bond acceptors (Lipinski definition) is 5. The third-order valence-corrected chi connectivity index (χ3v) is 5.57. The average molecular weight is 433 g/mol. The van der Waals surface area contributed by atoms with Gasteiger partial charge in [-0.1, -0.05) is 29.8 Å². The van der Waals surface area contributed by atoms with Crippen molar-refractivity contribution in [2.24, 2.45) is 0 Å². The number of methoxy groups -OCH3 is 2. The predicted molar refractivity (Wildman–Crippen MR) is 118 cm³/mol. The molecule has 30 heavy (non-hydrogen) atoms. The molecule has 0 bridgehead atoms. The fourth-order valence-electron chi connectivity index (χ4n) is 3.51. The Morgan fingerprint density at radius 3 is 2.63 bits per heavy atom. The van der Waals surface area contributed by atoms with Crippen molar-refractivity contribution < 1.29 is 19.0 Å². The molecule has 1 N–H and O–H groups in total. The number of piperidine rings is 1. The number of ether oxygens (including phenoxy) is 3. The van der Waals surface area contributed by atoms with Crippen molar-refractivity contribution in [3.05, 3.63) is 58.6 Å². The van der Waals surface area contributed by atoms with Gasteiger partial charge in [0.05, 0.1) is 19.3 Å². The lowest BCUT2D eigenvalue weighted by Crippen LogP contribution is -2.38. The van der Waals surface area contributed by atoms with Gasteiger partial charge < -0.3 is 19.5 Å². The molecule has 0 atom stereocenters. The van der Waals surface area contributed by atoms with Crippen LogP contribution in [0.25, 0.3) is 0 Å². The van der Waals surface area contributed by atoms with Gasteiger partial charge in [-0.25, -0.2) is 0 Å². The van der Waals surface area contributed by atoms with E-state index >= 15 is 0 Å². The van der Waals surface area contributed by atoms with Crippen molar-refractivity contribution in [2.75, 3.05) is 40.5 Å². The van der Waals surface area contributed by atoms with Crippen LogP contribution in [0.2, 0.25) is 5.02 Å². The Hall–Kier alpha value is -2.28. The van der Waals surface area contributed by atoms with Crippen LogP contribution in [0.3, 0.4) is 0 Å². The molecule has 1 saturated heterocycles. The highest BCUT2D eigenvalue weighted by Gasteiger charge is 2.23. The van der Waals surface area contributed by atoms with Gasteiger partial charge in [-0.2, -0.15) is 0 Å². The molecule has 1 aliphatic rings. The van der Waals surface area contributed by atoms with Crippen molar-refractivity contribution in [2.45, 2.75) is 25.5 Å². The smallest absolute Gasteiger partial charge is 0.255 e. The summed E-state index contributed by atoms with van der Waals surface area (Å²) in [4.78, 5) is 14.9. The fraction of sp³-hybridized carbons (Fsp3) is 0.435. The summed E-state index contributed by atoms with van der Waals surface area (Å²) in [7, 11) is 3.21. The van der Waals surface area contributed by atoms with Crippen LogP contribution in [0.4, 0.5) is 0 Å². The number of likely N-dealkylation sites (tertiary alicyclic amines) is 1. The van der Waals surface area contributed by atoms with Gasteiger partial charge in [-0.15, -0.1) is 0 Å². The van der Waals surface area contributed by atoms with Crippen LogP contribution in [0.5, 0.6) is 11.5 Å². The number of benzene rings is 2. The first-order valence-corrected chi connectivity index (χ1v) is 10.6. The van der Waals surface area contributed by atoms with E-state index in [-0.39, 0.29) is 12.0 Å². The first kappa shape index (κ1) is 22.4. The van der Waals surface area contributed by atoms with Gasteiger partial charge in [0.25, 0.3) is 5.91 Å². The van der Waals surface area contributed by atoms with Crippen LogP contribution in [0.15, 0.2) is 42.5 Å². The lowest BCUT2D eigenvalue weighted by atomic mass is 10.1. The summed E-state index contributed by atoms with van der Waals surface area (Å²) in [5.41, 5.74) is 1.65. The molecule has 0 aromatic heterocycles. The molecular formula is C23H29ClN2O4. The Bertz CT molecular complexity index is 838. The zero-order chi connectivity index (χ0) is 21.3. The second-order valence-electron chi connectivity index (χ2n) is 7.30. The first-order chi connectivity index (χ1) is 14.6. The summed E-state index contributed by atoms with van der Waals surface area (Å²) in [5, 5.41) is 3.65. The molecule has 1 heterocycles. The summed E-state index contributed by atoms with van der Waals surface area (Å²) in [6, 6.07) is 13.2. The van der Waals surface area contributed by atoms with Gasteiger partial charge >= 0.3 is 0 Å². The summed E-state index contributed by atoms with van der Waals surface area (Å²) in [6.07, 6.45) is 1.81. The number of nitrogens with zero attached hydrogens (tertiary/aromatic N) is 1. The van der Waals surface area contributed by atoms with Crippen LogP contribution < -0.4 is 14.8 Å². The average Bonchev–Trinajstić information content (AvgIpc) is 2.76. The first-order valence-electron chi connectivity index (χ1n) is 10.2. The van der Waals surface area contributed by atoms with Crippen molar-refractivity contribution in [1.82, 2.24) is 10.2 Å². The second-order valence-corrected chi connectivity index (χ2v) is 7.70. The summed E-state index contributed by atoms with van der Waals surface area (Å²) < 4.78 is 16.6. The molecule has 0 spiro atoms. The van der Waals surface area contributed by atoms with Crippen molar-refractivity contribution >= 4 is 17.5 Å². The highest BCUT2D eigenvalue weighted by molar-refractivity contribution is 6.31. The van der Waals surface area contributed by atoms with Crippen LogP contribution in [0.1, 0.15) is 28.8 Å². The zero-order valence-electron chi connectivity index (χ0n) is 17.5. The minimum absolute atomic E-state index is 0.0464. The number of carbonyl (C=O) groups excluding carboxylic acids is 1. The monoisotopic (exact) mass is 432 g/mol. The number of nitrogens with one attached hydrogen (secondary N) is 1. The Labute approximate surface area is 183 Å².